The topological polar surface area (TPSA) is 43.3 Å². The molecule has 2 heterocycles. The highest BCUT2D eigenvalue weighted by Crippen LogP contribution is 2.23. The van der Waals surface area contributed by atoms with Crippen molar-refractivity contribution in [2.24, 2.45) is 0 Å². The zero-order valence-corrected chi connectivity index (χ0v) is 9.80. The Kier molecular flexibility index (Phi) is 2.23. The molecule has 0 fully saturated rings. The van der Waals surface area contributed by atoms with E-state index in [9.17, 15) is 0 Å². The summed E-state index contributed by atoms with van der Waals surface area (Å²) in [5.41, 5.74) is 8.97. The summed E-state index contributed by atoms with van der Waals surface area (Å²) >= 11 is 3.48. The van der Waals surface area contributed by atoms with E-state index in [2.05, 4.69) is 27.8 Å². The van der Waals surface area contributed by atoms with E-state index in [1.165, 1.54) is 0 Å². The molecule has 14 heavy (non-hydrogen) atoms. The van der Waals surface area contributed by atoms with Gasteiger partial charge in [0.25, 0.3) is 0 Å². The average molecular weight is 254 g/mol. The number of pyridine rings is 1. The maximum atomic E-state index is 6.00. The molecule has 0 saturated carbocycles. The van der Waals surface area contributed by atoms with Crippen molar-refractivity contribution in [2.45, 2.75) is 20.3 Å². The van der Waals surface area contributed by atoms with Crippen molar-refractivity contribution in [3.05, 3.63) is 28.0 Å². The van der Waals surface area contributed by atoms with Crippen LogP contribution < -0.4 is 5.73 Å². The first kappa shape index (κ1) is 9.52. The predicted octanol–water partition coefficient (Wildman–Crippen LogP) is 2.55. The number of hydrogen-bond donors (Lipinski definition) is 1. The van der Waals surface area contributed by atoms with Crippen LogP contribution in [0, 0.1) is 6.92 Å². The quantitative estimate of drug-likeness (QED) is 0.849. The van der Waals surface area contributed by atoms with E-state index in [4.69, 9.17) is 5.73 Å². The molecule has 0 aliphatic carbocycles. The van der Waals surface area contributed by atoms with Crippen molar-refractivity contribution >= 4 is 27.4 Å². The summed E-state index contributed by atoms with van der Waals surface area (Å²) in [5, 5.41) is 0. The van der Waals surface area contributed by atoms with Gasteiger partial charge in [0.1, 0.15) is 11.5 Å². The number of aryl methyl sites for hydroxylation is 2. The summed E-state index contributed by atoms with van der Waals surface area (Å²) in [6.45, 7) is 4.08. The maximum Gasteiger partial charge on any atom is 0.138 e. The van der Waals surface area contributed by atoms with Crippen LogP contribution in [0.25, 0.3) is 5.65 Å². The predicted molar refractivity (Wildman–Crippen MR) is 61.4 cm³/mol. The number of halogens is 1. The van der Waals surface area contributed by atoms with Crippen LogP contribution in [0.2, 0.25) is 0 Å². The molecule has 0 bridgehead atoms. The summed E-state index contributed by atoms with van der Waals surface area (Å²) < 4.78 is 3.03. The van der Waals surface area contributed by atoms with Crippen LogP contribution in [-0.2, 0) is 6.42 Å². The second-order valence-electron chi connectivity index (χ2n) is 3.26. The molecule has 0 aromatic carbocycles. The van der Waals surface area contributed by atoms with Crippen LogP contribution in [-0.4, -0.2) is 9.38 Å². The smallest absolute Gasteiger partial charge is 0.138 e. The summed E-state index contributed by atoms with van der Waals surface area (Å²) in [5.74, 6) is 0.751. The SMILES string of the molecule is CCc1nc2ccc(Br)c(C)n2c1N. The Balaban J connectivity index is 2.87. The van der Waals surface area contributed by atoms with Crippen LogP contribution in [0.3, 0.4) is 0 Å². The van der Waals surface area contributed by atoms with Crippen LogP contribution >= 0.6 is 15.9 Å². The Hall–Kier alpha value is -1.03. The second-order valence-corrected chi connectivity index (χ2v) is 4.11. The highest BCUT2D eigenvalue weighted by Gasteiger charge is 2.10. The lowest BCUT2D eigenvalue weighted by atomic mass is 10.3. The second kappa shape index (κ2) is 3.28. The summed E-state index contributed by atoms with van der Waals surface area (Å²) in [6, 6.07) is 3.96. The van der Waals surface area contributed by atoms with Gasteiger partial charge in [-0.05, 0) is 41.4 Å². The monoisotopic (exact) mass is 253 g/mol. The zero-order chi connectivity index (χ0) is 10.3. The Labute approximate surface area is 91.1 Å². The highest BCUT2D eigenvalue weighted by atomic mass is 79.9. The average Bonchev–Trinajstić information content (AvgIpc) is 2.50. The van der Waals surface area contributed by atoms with Gasteiger partial charge in [-0.2, -0.15) is 0 Å². The molecule has 2 N–H and O–H groups in total. The standard InChI is InChI=1S/C10H12BrN3/c1-3-8-10(12)14-6(2)7(11)4-5-9(14)13-8/h4-5H,3,12H2,1-2H3. The van der Waals surface area contributed by atoms with Gasteiger partial charge in [0.2, 0.25) is 0 Å². The number of anilines is 1. The number of nitrogens with zero attached hydrogens (tertiary/aromatic N) is 2. The Bertz CT molecular complexity index is 488. The molecular formula is C10H12BrN3. The minimum Gasteiger partial charge on any atom is -0.383 e. The Morgan fingerprint density at radius 1 is 1.50 bits per heavy atom. The van der Waals surface area contributed by atoms with E-state index < -0.39 is 0 Å². The maximum absolute atomic E-state index is 6.00. The number of nitrogens with two attached hydrogens (primary N) is 1. The fraction of sp³-hybridized carbons (Fsp3) is 0.300. The van der Waals surface area contributed by atoms with Gasteiger partial charge in [0, 0.05) is 10.2 Å². The number of rotatable bonds is 1. The zero-order valence-electron chi connectivity index (χ0n) is 8.21. The molecule has 2 aromatic rings. The molecule has 2 aromatic heterocycles. The fourth-order valence-corrected chi connectivity index (χ4v) is 1.91. The van der Waals surface area contributed by atoms with Crippen LogP contribution in [0.1, 0.15) is 18.3 Å². The summed E-state index contributed by atoms with van der Waals surface area (Å²) in [6.07, 6.45) is 0.866. The molecule has 2 rings (SSSR count). The van der Waals surface area contributed by atoms with E-state index in [-0.39, 0.29) is 0 Å². The van der Waals surface area contributed by atoms with E-state index in [1.807, 2.05) is 23.5 Å². The normalized spacial score (nSPS) is 11.1. The third kappa shape index (κ3) is 1.21. The molecule has 0 aliphatic heterocycles. The number of nitrogen functional groups attached to an aromatic ring is 1. The summed E-state index contributed by atoms with van der Waals surface area (Å²) in [4.78, 5) is 4.45. The Morgan fingerprint density at radius 2 is 2.21 bits per heavy atom. The third-order valence-electron chi connectivity index (χ3n) is 2.41. The van der Waals surface area contributed by atoms with Crippen molar-refractivity contribution < 1.29 is 0 Å². The van der Waals surface area contributed by atoms with E-state index in [0.717, 1.165) is 33.7 Å². The van der Waals surface area contributed by atoms with Crippen molar-refractivity contribution in [3.63, 3.8) is 0 Å². The first-order valence-electron chi connectivity index (χ1n) is 4.57. The minimum atomic E-state index is 0.751. The first-order valence-corrected chi connectivity index (χ1v) is 5.36. The lowest BCUT2D eigenvalue weighted by molar-refractivity contribution is 1.06. The van der Waals surface area contributed by atoms with Gasteiger partial charge in [0.05, 0.1) is 5.69 Å². The van der Waals surface area contributed by atoms with E-state index in [1.54, 1.807) is 0 Å². The van der Waals surface area contributed by atoms with Crippen LogP contribution in [0.5, 0.6) is 0 Å². The van der Waals surface area contributed by atoms with Crippen LogP contribution in [0.15, 0.2) is 16.6 Å². The third-order valence-corrected chi connectivity index (χ3v) is 3.25. The minimum absolute atomic E-state index is 0.751. The van der Waals surface area contributed by atoms with Gasteiger partial charge in [-0.3, -0.25) is 4.40 Å². The highest BCUT2D eigenvalue weighted by molar-refractivity contribution is 9.10. The van der Waals surface area contributed by atoms with E-state index >= 15 is 0 Å². The molecule has 0 unspecified atom stereocenters. The number of imidazole rings is 1. The van der Waals surface area contributed by atoms with E-state index in [0.29, 0.717) is 0 Å². The number of hydrogen-bond acceptors (Lipinski definition) is 2. The molecule has 4 heteroatoms. The molecule has 0 saturated heterocycles. The number of aromatic nitrogens is 2. The van der Waals surface area contributed by atoms with Gasteiger partial charge >= 0.3 is 0 Å². The fourth-order valence-electron chi connectivity index (χ4n) is 1.60. The molecule has 0 spiro atoms. The molecule has 3 nitrogen and oxygen atoms in total. The lowest BCUT2D eigenvalue weighted by Gasteiger charge is -2.03. The Morgan fingerprint density at radius 3 is 2.86 bits per heavy atom. The van der Waals surface area contributed by atoms with Gasteiger partial charge in [0.15, 0.2) is 0 Å². The molecular weight excluding hydrogens is 242 g/mol. The van der Waals surface area contributed by atoms with Crippen molar-refractivity contribution in [1.29, 1.82) is 0 Å². The van der Waals surface area contributed by atoms with Gasteiger partial charge in [-0.25, -0.2) is 4.98 Å². The van der Waals surface area contributed by atoms with Crippen LogP contribution in [0.4, 0.5) is 5.82 Å². The molecule has 0 aliphatic rings. The van der Waals surface area contributed by atoms with Crippen molar-refractivity contribution in [3.8, 4) is 0 Å². The molecule has 74 valence electrons. The molecule has 0 atom stereocenters. The number of fused-ring (bicyclic) bond motifs is 1. The van der Waals surface area contributed by atoms with Crippen molar-refractivity contribution in [1.82, 2.24) is 9.38 Å². The molecule has 0 radical (unpaired) electrons. The van der Waals surface area contributed by atoms with Gasteiger partial charge in [-0.1, -0.05) is 6.92 Å². The van der Waals surface area contributed by atoms with Gasteiger partial charge in [-0.15, -0.1) is 0 Å². The first-order chi connectivity index (χ1) is 6.65. The summed E-state index contributed by atoms with van der Waals surface area (Å²) in [7, 11) is 0. The van der Waals surface area contributed by atoms with Gasteiger partial charge < -0.3 is 5.73 Å². The lowest BCUT2D eigenvalue weighted by Crippen LogP contribution is -1.99. The largest absolute Gasteiger partial charge is 0.383 e. The molecule has 0 amide bonds. The van der Waals surface area contributed by atoms with Crippen molar-refractivity contribution in [2.75, 3.05) is 5.73 Å².